The summed E-state index contributed by atoms with van der Waals surface area (Å²) in [6, 6.07) is 16.7. The van der Waals surface area contributed by atoms with E-state index in [1.165, 1.54) is 6.26 Å². The Kier molecular flexibility index (Phi) is 5.78. The molecule has 2 aromatic rings. The van der Waals surface area contributed by atoms with Crippen LogP contribution >= 0.6 is 0 Å². The zero-order valence-electron chi connectivity index (χ0n) is 14.3. The average molecular weight is 345 g/mol. The molecule has 4 nitrogen and oxygen atoms in total. The zero-order valence-corrected chi connectivity index (χ0v) is 15.1. The van der Waals surface area contributed by atoms with E-state index in [9.17, 15) is 13.2 Å². The molecule has 0 aliphatic carbocycles. The van der Waals surface area contributed by atoms with Crippen LogP contribution in [0, 0.1) is 0 Å². The van der Waals surface area contributed by atoms with E-state index in [-0.39, 0.29) is 17.7 Å². The van der Waals surface area contributed by atoms with E-state index in [2.05, 4.69) is 0 Å². The highest BCUT2D eigenvalue weighted by atomic mass is 32.2. The lowest BCUT2D eigenvalue weighted by Gasteiger charge is -2.27. The molecule has 1 amide bonds. The highest BCUT2D eigenvalue weighted by Crippen LogP contribution is 2.15. The fourth-order valence-corrected chi connectivity index (χ4v) is 3.32. The number of carbonyl (C=O) groups excluding carboxylic acids is 1. The van der Waals surface area contributed by atoms with Crippen LogP contribution in [0.5, 0.6) is 0 Å². The Hall–Kier alpha value is -2.14. The number of nitrogens with zero attached hydrogens (tertiary/aromatic N) is 1. The van der Waals surface area contributed by atoms with E-state index in [4.69, 9.17) is 0 Å². The van der Waals surface area contributed by atoms with Gasteiger partial charge in [-0.25, -0.2) is 8.42 Å². The SMILES string of the molecule is CC(C)N(Cc1ccccc1)C(=O)c1cccc(CS(C)(=O)=O)c1. The van der Waals surface area contributed by atoms with Crippen LogP contribution in [0.3, 0.4) is 0 Å². The monoisotopic (exact) mass is 345 g/mol. The van der Waals surface area contributed by atoms with Crippen molar-refractivity contribution in [3.05, 3.63) is 71.3 Å². The van der Waals surface area contributed by atoms with Crippen molar-refractivity contribution in [3.63, 3.8) is 0 Å². The highest BCUT2D eigenvalue weighted by molar-refractivity contribution is 7.89. The summed E-state index contributed by atoms with van der Waals surface area (Å²) in [6.07, 6.45) is 1.19. The van der Waals surface area contributed by atoms with Crippen LogP contribution in [0.1, 0.15) is 35.3 Å². The summed E-state index contributed by atoms with van der Waals surface area (Å²) in [5.74, 6) is -0.154. The molecule has 0 aromatic heterocycles. The van der Waals surface area contributed by atoms with Gasteiger partial charge in [0.05, 0.1) is 5.75 Å². The lowest BCUT2D eigenvalue weighted by Crippen LogP contribution is -2.36. The Morgan fingerprint density at radius 2 is 1.62 bits per heavy atom. The molecular formula is C19H23NO3S. The van der Waals surface area contributed by atoms with Gasteiger partial charge in [-0.1, -0.05) is 42.5 Å². The minimum atomic E-state index is -3.13. The molecule has 0 atom stereocenters. The van der Waals surface area contributed by atoms with Crippen molar-refractivity contribution < 1.29 is 13.2 Å². The maximum atomic E-state index is 12.9. The minimum absolute atomic E-state index is 0.0382. The van der Waals surface area contributed by atoms with Crippen LogP contribution in [0.2, 0.25) is 0 Å². The molecule has 128 valence electrons. The van der Waals surface area contributed by atoms with E-state index in [1.807, 2.05) is 44.2 Å². The Labute approximate surface area is 144 Å². The number of sulfone groups is 1. The molecule has 0 aliphatic rings. The van der Waals surface area contributed by atoms with E-state index in [0.717, 1.165) is 5.56 Å². The van der Waals surface area contributed by atoms with Gasteiger partial charge in [0, 0.05) is 24.4 Å². The van der Waals surface area contributed by atoms with Gasteiger partial charge in [-0.3, -0.25) is 4.79 Å². The summed E-state index contributed by atoms with van der Waals surface area (Å²) in [4.78, 5) is 14.7. The van der Waals surface area contributed by atoms with Gasteiger partial charge in [0.15, 0.2) is 9.84 Å². The summed E-state index contributed by atoms with van der Waals surface area (Å²) in [5.41, 5.74) is 2.21. The predicted octanol–water partition coefficient (Wildman–Crippen LogP) is 3.28. The molecule has 2 aromatic carbocycles. The molecule has 0 radical (unpaired) electrons. The molecule has 0 aliphatic heterocycles. The molecule has 0 spiro atoms. The third-order valence-corrected chi connectivity index (χ3v) is 4.54. The van der Waals surface area contributed by atoms with E-state index < -0.39 is 9.84 Å². The van der Waals surface area contributed by atoms with Gasteiger partial charge in [-0.2, -0.15) is 0 Å². The van der Waals surface area contributed by atoms with Gasteiger partial charge < -0.3 is 4.90 Å². The number of hydrogen-bond donors (Lipinski definition) is 0. The summed E-state index contributed by atoms with van der Waals surface area (Å²) in [6.45, 7) is 4.47. The molecule has 0 unspecified atom stereocenters. The maximum absolute atomic E-state index is 12.9. The fraction of sp³-hybridized carbons (Fsp3) is 0.316. The van der Waals surface area contributed by atoms with Gasteiger partial charge in [-0.15, -0.1) is 0 Å². The lowest BCUT2D eigenvalue weighted by molar-refractivity contribution is 0.0690. The molecule has 0 bridgehead atoms. The molecule has 0 fully saturated rings. The molecule has 24 heavy (non-hydrogen) atoms. The minimum Gasteiger partial charge on any atom is -0.332 e. The first-order valence-corrected chi connectivity index (χ1v) is 9.94. The van der Waals surface area contributed by atoms with Gasteiger partial charge >= 0.3 is 0 Å². The van der Waals surface area contributed by atoms with Crippen LogP contribution in [0.25, 0.3) is 0 Å². The number of amides is 1. The van der Waals surface area contributed by atoms with Gasteiger partial charge in [0.2, 0.25) is 0 Å². The van der Waals surface area contributed by atoms with Crippen molar-refractivity contribution >= 4 is 15.7 Å². The molecule has 0 heterocycles. The smallest absolute Gasteiger partial charge is 0.254 e. The van der Waals surface area contributed by atoms with Crippen molar-refractivity contribution in [2.24, 2.45) is 0 Å². The first kappa shape index (κ1) is 18.2. The molecule has 0 N–H and O–H groups in total. The molecule has 0 saturated carbocycles. The zero-order chi connectivity index (χ0) is 17.7. The first-order chi connectivity index (χ1) is 11.3. The van der Waals surface area contributed by atoms with Crippen LogP contribution in [0.4, 0.5) is 0 Å². The van der Waals surface area contributed by atoms with Crippen molar-refractivity contribution in [2.75, 3.05) is 6.26 Å². The van der Waals surface area contributed by atoms with Crippen LogP contribution in [0.15, 0.2) is 54.6 Å². The summed E-state index contributed by atoms with van der Waals surface area (Å²) in [7, 11) is -3.13. The third kappa shape index (κ3) is 5.20. The Bertz CT molecular complexity index is 798. The van der Waals surface area contributed by atoms with Crippen molar-refractivity contribution in [1.29, 1.82) is 0 Å². The number of hydrogen-bond acceptors (Lipinski definition) is 3. The average Bonchev–Trinajstić information content (AvgIpc) is 2.51. The Morgan fingerprint density at radius 1 is 1.00 bits per heavy atom. The molecular weight excluding hydrogens is 322 g/mol. The summed E-state index contributed by atoms with van der Waals surface area (Å²) in [5, 5.41) is 0. The van der Waals surface area contributed by atoms with Gasteiger partial charge in [0.25, 0.3) is 5.91 Å². The van der Waals surface area contributed by atoms with E-state index in [0.29, 0.717) is 17.7 Å². The second kappa shape index (κ2) is 7.62. The molecule has 2 rings (SSSR count). The van der Waals surface area contributed by atoms with Crippen LogP contribution < -0.4 is 0 Å². The normalized spacial score (nSPS) is 11.5. The van der Waals surface area contributed by atoms with Gasteiger partial charge in [-0.05, 0) is 37.1 Å². The second-order valence-corrected chi connectivity index (χ2v) is 8.42. The summed E-state index contributed by atoms with van der Waals surface area (Å²) >= 11 is 0. The topological polar surface area (TPSA) is 54.5 Å². The first-order valence-electron chi connectivity index (χ1n) is 7.88. The quantitative estimate of drug-likeness (QED) is 0.807. The Morgan fingerprint density at radius 3 is 2.21 bits per heavy atom. The number of benzene rings is 2. The third-order valence-electron chi connectivity index (χ3n) is 3.68. The van der Waals surface area contributed by atoms with Crippen molar-refractivity contribution in [1.82, 2.24) is 4.90 Å². The van der Waals surface area contributed by atoms with Crippen LogP contribution in [-0.2, 0) is 22.1 Å². The van der Waals surface area contributed by atoms with Gasteiger partial charge in [0.1, 0.15) is 0 Å². The van der Waals surface area contributed by atoms with E-state index >= 15 is 0 Å². The number of carbonyl (C=O) groups is 1. The summed E-state index contributed by atoms with van der Waals surface area (Å²) < 4.78 is 22.9. The maximum Gasteiger partial charge on any atom is 0.254 e. The predicted molar refractivity (Wildman–Crippen MR) is 96.4 cm³/mol. The van der Waals surface area contributed by atoms with Crippen molar-refractivity contribution in [3.8, 4) is 0 Å². The highest BCUT2D eigenvalue weighted by Gasteiger charge is 2.19. The van der Waals surface area contributed by atoms with E-state index in [1.54, 1.807) is 29.2 Å². The molecule has 0 saturated heterocycles. The fourth-order valence-electron chi connectivity index (χ4n) is 2.53. The van der Waals surface area contributed by atoms with Crippen molar-refractivity contribution in [2.45, 2.75) is 32.2 Å². The largest absolute Gasteiger partial charge is 0.332 e. The molecule has 5 heteroatoms. The number of rotatable bonds is 6. The lowest BCUT2D eigenvalue weighted by atomic mass is 10.1. The van der Waals surface area contributed by atoms with Crippen LogP contribution in [-0.4, -0.2) is 31.5 Å². The Balaban J connectivity index is 2.25. The standard InChI is InChI=1S/C19H23NO3S/c1-15(2)20(13-16-8-5-4-6-9-16)19(21)18-11-7-10-17(12-18)14-24(3,22)23/h4-12,15H,13-14H2,1-3H3. The second-order valence-electron chi connectivity index (χ2n) is 6.28.